The second-order valence-corrected chi connectivity index (χ2v) is 4.28. The molecule has 1 unspecified atom stereocenters. The summed E-state index contributed by atoms with van der Waals surface area (Å²) in [7, 11) is 4.05. The van der Waals surface area contributed by atoms with Crippen molar-refractivity contribution in [2.75, 3.05) is 32.2 Å². The summed E-state index contributed by atoms with van der Waals surface area (Å²) < 4.78 is 5.53. The molecule has 4 nitrogen and oxygen atoms in total. The van der Waals surface area contributed by atoms with Gasteiger partial charge in [-0.25, -0.2) is 0 Å². The van der Waals surface area contributed by atoms with Crippen molar-refractivity contribution in [2.45, 2.75) is 19.4 Å². The van der Waals surface area contributed by atoms with Gasteiger partial charge in [-0.1, -0.05) is 19.1 Å². The SMILES string of the molecule is CCCOCC(NN)c1cccc(N(C)C)c1. The standard InChI is InChI=1S/C13H23N3O/c1-4-8-17-10-13(15-14)11-6-5-7-12(9-11)16(2)3/h5-7,9,13,15H,4,8,10,14H2,1-3H3. The van der Waals surface area contributed by atoms with Crippen molar-refractivity contribution in [3.05, 3.63) is 29.8 Å². The zero-order valence-electron chi connectivity index (χ0n) is 10.9. The molecule has 0 bridgehead atoms. The summed E-state index contributed by atoms with van der Waals surface area (Å²) in [5.41, 5.74) is 5.11. The molecule has 0 aromatic heterocycles. The van der Waals surface area contributed by atoms with Gasteiger partial charge in [0.1, 0.15) is 0 Å². The Morgan fingerprint density at radius 3 is 2.76 bits per heavy atom. The average Bonchev–Trinajstić information content (AvgIpc) is 2.35. The van der Waals surface area contributed by atoms with Crippen LogP contribution in [0.15, 0.2) is 24.3 Å². The summed E-state index contributed by atoms with van der Waals surface area (Å²) >= 11 is 0. The summed E-state index contributed by atoms with van der Waals surface area (Å²) in [6.45, 7) is 3.46. The molecule has 0 radical (unpaired) electrons. The lowest BCUT2D eigenvalue weighted by atomic mass is 10.1. The Kier molecular flexibility index (Phi) is 5.97. The van der Waals surface area contributed by atoms with E-state index in [-0.39, 0.29) is 6.04 Å². The minimum Gasteiger partial charge on any atom is -0.379 e. The van der Waals surface area contributed by atoms with Crippen LogP contribution < -0.4 is 16.2 Å². The highest BCUT2D eigenvalue weighted by molar-refractivity contribution is 5.47. The molecule has 0 saturated heterocycles. The molecule has 0 fully saturated rings. The second-order valence-electron chi connectivity index (χ2n) is 4.28. The van der Waals surface area contributed by atoms with Gasteiger partial charge >= 0.3 is 0 Å². The van der Waals surface area contributed by atoms with E-state index in [9.17, 15) is 0 Å². The van der Waals surface area contributed by atoms with Crippen LogP contribution in [0.5, 0.6) is 0 Å². The van der Waals surface area contributed by atoms with Crippen molar-refractivity contribution < 1.29 is 4.74 Å². The summed E-state index contributed by atoms with van der Waals surface area (Å²) in [6.07, 6.45) is 1.02. The van der Waals surface area contributed by atoms with E-state index in [1.165, 1.54) is 5.69 Å². The third-order valence-electron chi connectivity index (χ3n) is 2.62. The first kappa shape index (κ1) is 14.0. The summed E-state index contributed by atoms with van der Waals surface area (Å²) in [5, 5.41) is 0. The van der Waals surface area contributed by atoms with E-state index in [2.05, 4.69) is 35.4 Å². The smallest absolute Gasteiger partial charge is 0.0694 e. The number of nitrogens with two attached hydrogens (primary N) is 1. The van der Waals surface area contributed by atoms with Crippen molar-refractivity contribution in [1.29, 1.82) is 0 Å². The molecule has 17 heavy (non-hydrogen) atoms. The molecular formula is C13H23N3O. The summed E-state index contributed by atoms with van der Waals surface area (Å²) in [5.74, 6) is 5.57. The fourth-order valence-electron chi connectivity index (χ4n) is 1.61. The van der Waals surface area contributed by atoms with Crippen LogP contribution in [0.3, 0.4) is 0 Å². The number of rotatable bonds is 7. The number of hydrogen-bond donors (Lipinski definition) is 2. The molecule has 1 aromatic rings. The highest BCUT2D eigenvalue weighted by Crippen LogP contribution is 2.19. The van der Waals surface area contributed by atoms with E-state index in [0.29, 0.717) is 6.61 Å². The van der Waals surface area contributed by atoms with E-state index < -0.39 is 0 Å². The van der Waals surface area contributed by atoms with Gasteiger partial charge < -0.3 is 9.64 Å². The van der Waals surface area contributed by atoms with E-state index in [0.717, 1.165) is 18.6 Å². The maximum absolute atomic E-state index is 5.57. The molecule has 0 aliphatic heterocycles. The van der Waals surface area contributed by atoms with Crippen LogP contribution in [-0.2, 0) is 4.74 Å². The van der Waals surface area contributed by atoms with Gasteiger partial charge in [-0.05, 0) is 24.1 Å². The normalized spacial score (nSPS) is 12.5. The molecule has 1 rings (SSSR count). The number of nitrogens with one attached hydrogen (secondary N) is 1. The summed E-state index contributed by atoms with van der Waals surface area (Å²) in [6, 6.07) is 8.34. The van der Waals surface area contributed by atoms with Crippen LogP contribution in [0.4, 0.5) is 5.69 Å². The van der Waals surface area contributed by atoms with Gasteiger partial charge in [0.25, 0.3) is 0 Å². The minimum absolute atomic E-state index is 0.0430. The Morgan fingerprint density at radius 1 is 1.41 bits per heavy atom. The van der Waals surface area contributed by atoms with E-state index in [4.69, 9.17) is 10.6 Å². The van der Waals surface area contributed by atoms with Crippen molar-refractivity contribution in [2.24, 2.45) is 5.84 Å². The number of hydrogen-bond acceptors (Lipinski definition) is 4. The van der Waals surface area contributed by atoms with Crippen LogP contribution in [-0.4, -0.2) is 27.3 Å². The number of benzene rings is 1. The quantitative estimate of drug-likeness (QED) is 0.430. The second kappa shape index (κ2) is 7.27. The molecule has 1 aromatic carbocycles. The number of nitrogens with zero attached hydrogens (tertiary/aromatic N) is 1. The first-order valence-electron chi connectivity index (χ1n) is 6.00. The molecule has 0 heterocycles. The first-order valence-corrected chi connectivity index (χ1v) is 6.00. The average molecular weight is 237 g/mol. The maximum Gasteiger partial charge on any atom is 0.0694 e. The highest BCUT2D eigenvalue weighted by Gasteiger charge is 2.10. The van der Waals surface area contributed by atoms with Gasteiger partial charge in [0.15, 0.2) is 0 Å². The molecule has 1 atom stereocenters. The molecule has 0 saturated carbocycles. The van der Waals surface area contributed by atoms with Crippen LogP contribution in [0, 0.1) is 0 Å². The lowest BCUT2D eigenvalue weighted by molar-refractivity contribution is 0.112. The Bertz CT molecular complexity index is 328. The maximum atomic E-state index is 5.57. The Hall–Kier alpha value is -1.10. The van der Waals surface area contributed by atoms with Crippen LogP contribution >= 0.6 is 0 Å². The Morgan fingerprint density at radius 2 is 2.18 bits per heavy atom. The predicted molar refractivity (Wildman–Crippen MR) is 71.9 cm³/mol. The number of ether oxygens (including phenoxy) is 1. The van der Waals surface area contributed by atoms with Crippen LogP contribution in [0.25, 0.3) is 0 Å². The van der Waals surface area contributed by atoms with Gasteiger partial charge in [0, 0.05) is 26.4 Å². The third kappa shape index (κ3) is 4.34. The van der Waals surface area contributed by atoms with E-state index >= 15 is 0 Å². The zero-order chi connectivity index (χ0) is 12.7. The largest absolute Gasteiger partial charge is 0.379 e. The van der Waals surface area contributed by atoms with E-state index in [1.54, 1.807) is 0 Å². The zero-order valence-corrected chi connectivity index (χ0v) is 10.9. The predicted octanol–water partition coefficient (Wildman–Crippen LogP) is 1.68. The third-order valence-corrected chi connectivity index (χ3v) is 2.62. The Labute approximate surface area is 104 Å². The molecule has 3 N–H and O–H groups in total. The lowest BCUT2D eigenvalue weighted by Gasteiger charge is -2.19. The van der Waals surface area contributed by atoms with Crippen LogP contribution in [0.1, 0.15) is 24.9 Å². The van der Waals surface area contributed by atoms with Gasteiger partial charge in [-0.3, -0.25) is 11.3 Å². The van der Waals surface area contributed by atoms with Gasteiger partial charge in [-0.15, -0.1) is 0 Å². The molecule has 0 aliphatic rings. The van der Waals surface area contributed by atoms with Gasteiger partial charge in [0.2, 0.25) is 0 Å². The van der Waals surface area contributed by atoms with Gasteiger partial charge in [-0.2, -0.15) is 0 Å². The lowest BCUT2D eigenvalue weighted by Crippen LogP contribution is -2.31. The number of hydrazine groups is 1. The Balaban J connectivity index is 2.70. The van der Waals surface area contributed by atoms with Crippen molar-refractivity contribution in [3.8, 4) is 0 Å². The van der Waals surface area contributed by atoms with E-state index in [1.807, 2.05) is 20.2 Å². The summed E-state index contributed by atoms with van der Waals surface area (Å²) in [4.78, 5) is 2.07. The van der Waals surface area contributed by atoms with Crippen molar-refractivity contribution in [1.82, 2.24) is 5.43 Å². The van der Waals surface area contributed by atoms with Crippen molar-refractivity contribution >= 4 is 5.69 Å². The molecule has 4 heteroatoms. The molecular weight excluding hydrogens is 214 g/mol. The fraction of sp³-hybridized carbons (Fsp3) is 0.538. The molecule has 0 spiro atoms. The molecule has 0 amide bonds. The highest BCUT2D eigenvalue weighted by atomic mass is 16.5. The minimum atomic E-state index is 0.0430. The van der Waals surface area contributed by atoms with Crippen molar-refractivity contribution in [3.63, 3.8) is 0 Å². The molecule has 0 aliphatic carbocycles. The van der Waals surface area contributed by atoms with Crippen LogP contribution in [0.2, 0.25) is 0 Å². The fourth-order valence-corrected chi connectivity index (χ4v) is 1.61. The topological polar surface area (TPSA) is 50.5 Å². The van der Waals surface area contributed by atoms with Gasteiger partial charge in [0.05, 0.1) is 12.6 Å². The first-order chi connectivity index (χ1) is 8.19. The molecule has 96 valence electrons. The number of anilines is 1. The monoisotopic (exact) mass is 237 g/mol.